The fourth-order valence-corrected chi connectivity index (χ4v) is 2.61. The fraction of sp³-hybridized carbons (Fsp3) is 0.100. The first kappa shape index (κ1) is 18.1. The molecule has 3 aromatic rings. The van der Waals surface area contributed by atoms with E-state index in [-0.39, 0.29) is 17.8 Å². The van der Waals surface area contributed by atoms with E-state index >= 15 is 0 Å². The molecular formula is C20H18N4O3. The third-order valence-electron chi connectivity index (χ3n) is 3.97. The van der Waals surface area contributed by atoms with E-state index in [0.29, 0.717) is 5.56 Å². The van der Waals surface area contributed by atoms with Crippen molar-refractivity contribution in [1.82, 2.24) is 15.1 Å². The second kappa shape index (κ2) is 8.09. The topological polar surface area (TPSA) is 107 Å². The second-order valence-electron chi connectivity index (χ2n) is 5.92. The molecule has 1 atom stereocenters. The van der Waals surface area contributed by atoms with Crippen LogP contribution >= 0.6 is 0 Å². The Morgan fingerprint density at radius 1 is 0.963 bits per heavy atom. The first-order chi connectivity index (χ1) is 13.0. The first-order valence-electron chi connectivity index (χ1n) is 8.32. The highest BCUT2D eigenvalue weighted by atomic mass is 16.2. The number of carbonyl (C=O) groups excluding carboxylic acids is 2. The molecule has 0 bridgehead atoms. The molecule has 0 spiro atoms. The van der Waals surface area contributed by atoms with Crippen molar-refractivity contribution in [1.29, 1.82) is 0 Å². The highest BCUT2D eigenvalue weighted by molar-refractivity contribution is 5.96. The Morgan fingerprint density at radius 2 is 1.59 bits per heavy atom. The number of hydrogen-bond acceptors (Lipinski definition) is 4. The Balaban J connectivity index is 1.83. The predicted molar refractivity (Wildman–Crippen MR) is 99.9 cm³/mol. The van der Waals surface area contributed by atoms with Crippen molar-refractivity contribution >= 4 is 11.8 Å². The Bertz CT molecular complexity index is 1000. The van der Waals surface area contributed by atoms with Crippen molar-refractivity contribution in [3.63, 3.8) is 0 Å². The molecule has 136 valence electrons. The van der Waals surface area contributed by atoms with Crippen LogP contribution in [0.5, 0.6) is 0 Å². The van der Waals surface area contributed by atoms with Gasteiger partial charge in [0.05, 0.1) is 6.54 Å². The molecule has 2 aromatic carbocycles. The average molecular weight is 362 g/mol. The maximum absolute atomic E-state index is 12.6. The number of aromatic nitrogens is 2. The SMILES string of the molecule is NC(=O)C(NC(=O)c1ccc(=O)n(Cc2ccccc2)n1)c1ccccc1. The van der Waals surface area contributed by atoms with Gasteiger partial charge in [0.15, 0.2) is 0 Å². The lowest BCUT2D eigenvalue weighted by atomic mass is 10.1. The van der Waals surface area contributed by atoms with Crippen molar-refractivity contribution in [2.24, 2.45) is 5.73 Å². The largest absolute Gasteiger partial charge is 0.368 e. The molecule has 27 heavy (non-hydrogen) atoms. The van der Waals surface area contributed by atoms with E-state index in [1.807, 2.05) is 30.3 Å². The van der Waals surface area contributed by atoms with Crippen LogP contribution in [0.15, 0.2) is 77.6 Å². The minimum Gasteiger partial charge on any atom is -0.368 e. The van der Waals surface area contributed by atoms with Gasteiger partial charge in [-0.05, 0) is 17.2 Å². The van der Waals surface area contributed by atoms with Gasteiger partial charge >= 0.3 is 0 Å². The smallest absolute Gasteiger partial charge is 0.272 e. The summed E-state index contributed by atoms with van der Waals surface area (Å²) in [6, 6.07) is 19.6. The first-order valence-corrected chi connectivity index (χ1v) is 8.32. The van der Waals surface area contributed by atoms with Gasteiger partial charge in [0.2, 0.25) is 5.91 Å². The van der Waals surface area contributed by atoms with Crippen molar-refractivity contribution in [2.75, 3.05) is 0 Å². The predicted octanol–water partition coefficient (Wildman–Crippen LogP) is 1.25. The summed E-state index contributed by atoms with van der Waals surface area (Å²) >= 11 is 0. The molecule has 3 N–H and O–H groups in total. The normalized spacial score (nSPS) is 11.6. The summed E-state index contributed by atoms with van der Waals surface area (Å²) in [4.78, 5) is 36.4. The van der Waals surface area contributed by atoms with Crippen LogP contribution in [-0.4, -0.2) is 21.6 Å². The van der Waals surface area contributed by atoms with Gasteiger partial charge in [-0.15, -0.1) is 0 Å². The highest BCUT2D eigenvalue weighted by Crippen LogP contribution is 2.12. The summed E-state index contributed by atoms with van der Waals surface area (Å²) in [6.07, 6.45) is 0. The summed E-state index contributed by atoms with van der Waals surface area (Å²) in [7, 11) is 0. The van der Waals surface area contributed by atoms with Crippen LogP contribution in [0.1, 0.15) is 27.7 Å². The zero-order valence-corrected chi connectivity index (χ0v) is 14.4. The molecule has 0 aliphatic rings. The van der Waals surface area contributed by atoms with Gasteiger partial charge in [-0.2, -0.15) is 5.10 Å². The average Bonchev–Trinajstić information content (AvgIpc) is 2.69. The summed E-state index contributed by atoms with van der Waals surface area (Å²) in [5.41, 5.74) is 6.56. The molecule has 0 saturated heterocycles. The van der Waals surface area contributed by atoms with E-state index in [9.17, 15) is 14.4 Å². The standard InChI is InChI=1S/C20H18N4O3/c21-19(26)18(15-9-5-2-6-10-15)22-20(27)16-11-12-17(25)24(23-16)13-14-7-3-1-4-8-14/h1-12,18H,13H2,(H2,21,26)(H,22,27). The molecule has 0 fully saturated rings. The molecule has 7 heteroatoms. The maximum Gasteiger partial charge on any atom is 0.272 e. The molecule has 2 amide bonds. The van der Waals surface area contributed by atoms with E-state index < -0.39 is 17.9 Å². The van der Waals surface area contributed by atoms with Crippen LogP contribution < -0.4 is 16.6 Å². The van der Waals surface area contributed by atoms with Crippen molar-refractivity contribution < 1.29 is 9.59 Å². The van der Waals surface area contributed by atoms with Gasteiger partial charge < -0.3 is 11.1 Å². The number of amides is 2. The summed E-state index contributed by atoms with van der Waals surface area (Å²) in [6.45, 7) is 0.235. The zero-order chi connectivity index (χ0) is 19.2. The summed E-state index contributed by atoms with van der Waals surface area (Å²) in [5.74, 6) is -1.28. The minimum absolute atomic E-state index is 0.0210. The molecule has 0 radical (unpaired) electrons. The van der Waals surface area contributed by atoms with Crippen molar-refractivity contribution in [3.05, 3.63) is 100.0 Å². The summed E-state index contributed by atoms with van der Waals surface area (Å²) < 4.78 is 1.20. The van der Waals surface area contributed by atoms with Gasteiger partial charge in [-0.25, -0.2) is 4.68 Å². The van der Waals surface area contributed by atoms with E-state index in [1.54, 1.807) is 30.3 Å². The van der Waals surface area contributed by atoms with Crippen LogP contribution in [0.3, 0.4) is 0 Å². The van der Waals surface area contributed by atoms with Crippen molar-refractivity contribution in [2.45, 2.75) is 12.6 Å². The van der Waals surface area contributed by atoms with Gasteiger partial charge in [0, 0.05) is 6.07 Å². The number of nitrogens with zero attached hydrogens (tertiary/aromatic N) is 2. The number of rotatable bonds is 6. The van der Waals surface area contributed by atoms with Crippen LogP contribution in [0.25, 0.3) is 0 Å². The number of benzene rings is 2. The van der Waals surface area contributed by atoms with Crippen LogP contribution in [0.2, 0.25) is 0 Å². The number of hydrogen-bond donors (Lipinski definition) is 2. The lowest BCUT2D eigenvalue weighted by molar-refractivity contribution is -0.120. The second-order valence-corrected chi connectivity index (χ2v) is 5.92. The molecular weight excluding hydrogens is 344 g/mol. The van der Waals surface area contributed by atoms with Crippen molar-refractivity contribution in [3.8, 4) is 0 Å². The molecule has 1 unspecified atom stereocenters. The Morgan fingerprint density at radius 3 is 2.22 bits per heavy atom. The Hall–Kier alpha value is -3.74. The lowest BCUT2D eigenvalue weighted by Gasteiger charge is -2.16. The van der Waals surface area contributed by atoms with Crippen LogP contribution in [0.4, 0.5) is 0 Å². The monoisotopic (exact) mass is 362 g/mol. The Labute approximate surface area is 155 Å². The lowest BCUT2D eigenvalue weighted by Crippen LogP contribution is -2.38. The van der Waals surface area contributed by atoms with E-state index in [2.05, 4.69) is 10.4 Å². The molecule has 7 nitrogen and oxygen atoms in total. The third-order valence-corrected chi connectivity index (χ3v) is 3.97. The van der Waals surface area contributed by atoms with Crippen LogP contribution in [-0.2, 0) is 11.3 Å². The molecule has 1 heterocycles. The van der Waals surface area contributed by atoms with Gasteiger partial charge in [0.25, 0.3) is 11.5 Å². The van der Waals surface area contributed by atoms with Crippen LogP contribution in [0, 0.1) is 0 Å². The Kier molecular flexibility index (Phi) is 5.41. The molecule has 3 rings (SSSR count). The molecule has 0 aliphatic carbocycles. The number of nitrogens with two attached hydrogens (primary N) is 1. The van der Waals surface area contributed by atoms with E-state index in [1.165, 1.54) is 16.8 Å². The number of carbonyl (C=O) groups is 2. The molecule has 0 saturated carbocycles. The molecule has 0 aliphatic heterocycles. The zero-order valence-electron chi connectivity index (χ0n) is 14.4. The quantitative estimate of drug-likeness (QED) is 0.688. The number of primary amides is 1. The number of nitrogens with one attached hydrogen (secondary N) is 1. The van der Waals surface area contributed by atoms with E-state index in [0.717, 1.165) is 5.56 Å². The minimum atomic E-state index is -0.991. The fourth-order valence-electron chi connectivity index (χ4n) is 2.61. The third kappa shape index (κ3) is 4.46. The van der Waals surface area contributed by atoms with Gasteiger partial charge in [-0.3, -0.25) is 14.4 Å². The summed E-state index contributed by atoms with van der Waals surface area (Å²) in [5, 5.41) is 6.68. The highest BCUT2D eigenvalue weighted by Gasteiger charge is 2.21. The maximum atomic E-state index is 12.6. The van der Waals surface area contributed by atoms with Gasteiger partial charge in [-0.1, -0.05) is 60.7 Å². The van der Waals surface area contributed by atoms with E-state index in [4.69, 9.17) is 5.73 Å². The van der Waals surface area contributed by atoms with Gasteiger partial charge in [0.1, 0.15) is 11.7 Å². The molecule has 1 aromatic heterocycles.